The highest BCUT2D eigenvalue weighted by molar-refractivity contribution is 5.68. The summed E-state index contributed by atoms with van der Waals surface area (Å²) < 4.78 is 96.7. The highest BCUT2D eigenvalue weighted by atomic mass is 19.1. The van der Waals surface area contributed by atoms with Gasteiger partial charge in [0.1, 0.15) is 42.7 Å². The third-order valence-corrected chi connectivity index (χ3v) is 12.9. The minimum absolute atomic E-state index is 0.129. The van der Waals surface area contributed by atoms with Crippen LogP contribution >= 0.6 is 0 Å². The van der Waals surface area contributed by atoms with Crippen molar-refractivity contribution in [2.24, 2.45) is 25.6 Å². The Morgan fingerprint density at radius 1 is 0.500 bits per heavy atom. The summed E-state index contributed by atoms with van der Waals surface area (Å²) in [5.41, 5.74) is 49.7. The molecule has 0 spiro atoms. The van der Waals surface area contributed by atoms with Gasteiger partial charge >= 0.3 is 29.8 Å². The number of esters is 5. The standard InChI is InChI=1S/C48H58FN15O18/c1-23(65)70-17-16-32-40(81-46-36(59-64-54)43(75-26(4)68)41(74-25(3)67)34(78-46)20-56-61-51)45(76-27(5)69)48(77-32)82-44-37(73-24(2)66)30(57-62-52)18-31(58-63-53)38(44)80-47-42(72-22-29-14-10-7-11-15-29)35(49)39(33(79-47)19-55-60-50)71-21-28-12-8-6-9-13-28/h6-15,30-48H,16-22H2,1-5H3/t30?,31?,32-,33-,34+,35+,36?,37+,38-,39-,40-,41-,42-,43-,44-,45-,46-,47-,48+/m1/s1. The molecule has 3 aliphatic heterocycles. The Morgan fingerprint density at radius 2 is 0.951 bits per heavy atom. The van der Waals surface area contributed by atoms with E-state index in [2.05, 4.69) is 50.1 Å². The van der Waals surface area contributed by atoms with E-state index in [-0.39, 0.29) is 19.6 Å². The number of halogens is 1. The number of ether oxygens (including phenoxy) is 13. The summed E-state index contributed by atoms with van der Waals surface area (Å²) in [6, 6.07) is 12.7. The van der Waals surface area contributed by atoms with Gasteiger partial charge in [0.15, 0.2) is 43.4 Å². The van der Waals surface area contributed by atoms with E-state index in [0.717, 1.165) is 34.6 Å². The number of carbonyl (C=O) groups excluding carboxylic acids is 5. The predicted octanol–water partition coefficient (Wildman–Crippen LogP) is 6.57. The van der Waals surface area contributed by atoms with Crippen LogP contribution in [0, 0.1) is 0 Å². The van der Waals surface area contributed by atoms with Crippen LogP contribution in [0.25, 0.3) is 52.2 Å². The summed E-state index contributed by atoms with van der Waals surface area (Å²) in [4.78, 5) is 77.7. The second-order valence-electron chi connectivity index (χ2n) is 18.6. The van der Waals surface area contributed by atoms with E-state index < -0.39 is 172 Å². The molecule has 4 fully saturated rings. The van der Waals surface area contributed by atoms with E-state index in [1.807, 2.05) is 0 Å². The molecule has 3 saturated heterocycles. The molecule has 1 aliphatic carbocycles. The van der Waals surface area contributed by atoms with Crippen LogP contribution in [-0.4, -0.2) is 166 Å². The molecule has 0 aromatic heterocycles. The van der Waals surface area contributed by atoms with Gasteiger partial charge in [-0.2, -0.15) is 0 Å². The lowest BCUT2D eigenvalue weighted by molar-refractivity contribution is -0.334. The molecule has 4 aliphatic rings. The van der Waals surface area contributed by atoms with Gasteiger partial charge in [-0.15, -0.1) is 0 Å². The molecule has 6 rings (SSSR count). The Balaban J connectivity index is 1.47. The second kappa shape index (κ2) is 31.2. The van der Waals surface area contributed by atoms with Crippen molar-refractivity contribution in [2.45, 2.75) is 177 Å². The van der Waals surface area contributed by atoms with Gasteiger partial charge in [-0.3, -0.25) is 24.0 Å². The van der Waals surface area contributed by atoms with Crippen molar-refractivity contribution in [3.8, 4) is 0 Å². The quantitative estimate of drug-likeness (QED) is 0.0316. The Kier molecular flexibility index (Phi) is 24.1. The summed E-state index contributed by atoms with van der Waals surface area (Å²) >= 11 is 0. The third-order valence-electron chi connectivity index (χ3n) is 12.9. The van der Waals surface area contributed by atoms with Crippen molar-refractivity contribution >= 4 is 29.8 Å². The maximum absolute atomic E-state index is 17.6. The van der Waals surface area contributed by atoms with E-state index in [9.17, 15) is 51.6 Å². The van der Waals surface area contributed by atoms with Gasteiger partial charge in [-0.1, -0.05) is 86.2 Å². The fraction of sp³-hybridized carbons (Fsp3) is 0.646. The van der Waals surface area contributed by atoms with Crippen molar-refractivity contribution in [1.82, 2.24) is 0 Å². The van der Waals surface area contributed by atoms with Crippen molar-refractivity contribution < 1.29 is 89.9 Å². The summed E-state index contributed by atoms with van der Waals surface area (Å²) in [5, 5.41) is 18.7. The van der Waals surface area contributed by atoms with Gasteiger partial charge in [0.25, 0.3) is 0 Å². The summed E-state index contributed by atoms with van der Waals surface area (Å²) in [5.74, 6) is -4.59. The van der Waals surface area contributed by atoms with Gasteiger partial charge in [-0.25, -0.2) is 4.39 Å². The van der Waals surface area contributed by atoms with E-state index in [1.54, 1.807) is 60.7 Å². The molecule has 0 bridgehead atoms. The van der Waals surface area contributed by atoms with Crippen molar-refractivity contribution in [2.75, 3.05) is 19.7 Å². The first-order chi connectivity index (χ1) is 39.5. The molecule has 3 unspecified atom stereocenters. The van der Waals surface area contributed by atoms with E-state index in [4.69, 9.17) is 61.6 Å². The summed E-state index contributed by atoms with van der Waals surface area (Å²) in [6.07, 6.45) is -28.2. The maximum Gasteiger partial charge on any atom is 0.303 e. The van der Waals surface area contributed by atoms with Crippen molar-refractivity contribution in [3.63, 3.8) is 0 Å². The maximum atomic E-state index is 17.6. The highest BCUT2D eigenvalue weighted by Crippen LogP contribution is 2.41. The summed E-state index contributed by atoms with van der Waals surface area (Å²) in [7, 11) is 0. The highest BCUT2D eigenvalue weighted by Gasteiger charge is 2.59. The third kappa shape index (κ3) is 17.2. The topological polar surface area (TPSA) is 449 Å². The number of alkyl halides is 1. The van der Waals surface area contributed by atoms with Crippen LogP contribution in [0.5, 0.6) is 0 Å². The minimum Gasteiger partial charge on any atom is -0.466 e. The zero-order valence-electron chi connectivity index (χ0n) is 44.6. The zero-order valence-corrected chi connectivity index (χ0v) is 44.6. The molecule has 3 heterocycles. The molecule has 2 aromatic carbocycles. The SMILES string of the molecule is CC(=O)OCC[C@H]1O[C@@H](O[C@H]2[C@H](O[C@H]3O[C@H](CN=[N+]=[N-])[C@@H](OCc4ccccc4)[C@H](F)[C@H]3OCc3ccccc3)C(N=[N+]=[N-])CC(N=[N+]=[N-])[C@@H]2OC(C)=O)[C@H](OC(C)=O)[C@@H]1O[C@H]1O[C@@H](CN=[N+]=[N-])[C@@H](OC(C)=O)[C@H](OC(C)=O)C1N=[N+]=[N-]. The largest absolute Gasteiger partial charge is 0.466 e. The van der Waals surface area contributed by atoms with Gasteiger partial charge in [0.05, 0.1) is 63.3 Å². The van der Waals surface area contributed by atoms with E-state index in [1.165, 1.54) is 0 Å². The first kappa shape index (κ1) is 63.1. The molecule has 0 amide bonds. The number of benzene rings is 2. The lowest BCUT2D eigenvalue weighted by Crippen LogP contribution is -2.64. The fourth-order valence-corrected chi connectivity index (χ4v) is 9.71. The van der Waals surface area contributed by atoms with Gasteiger partial charge in [-0.05, 0) is 45.2 Å². The normalized spacial score (nSPS) is 32.0. The van der Waals surface area contributed by atoms with Crippen LogP contribution in [0.4, 0.5) is 4.39 Å². The lowest BCUT2D eigenvalue weighted by atomic mass is 9.83. The van der Waals surface area contributed by atoms with E-state index in [0.29, 0.717) is 11.1 Å². The van der Waals surface area contributed by atoms with Crippen molar-refractivity contribution in [3.05, 3.63) is 124 Å². The van der Waals surface area contributed by atoms with E-state index >= 15 is 4.39 Å². The smallest absolute Gasteiger partial charge is 0.303 e. The number of hydrogen-bond donors (Lipinski definition) is 0. The number of rotatable bonds is 26. The molecular formula is C48H58FN15O18. The van der Waals surface area contributed by atoms with Crippen LogP contribution in [-0.2, 0) is 98.8 Å². The average molecular weight is 1150 g/mol. The lowest BCUT2D eigenvalue weighted by Gasteiger charge is -2.48. The second-order valence-corrected chi connectivity index (χ2v) is 18.6. The Bertz CT molecular complexity index is 2770. The number of azide groups is 5. The fourth-order valence-electron chi connectivity index (χ4n) is 9.71. The van der Waals surface area contributed by atoms with Crippen molar-refractivity contribution in [1.29, 1.82) is 0 Å². The average Bonchev–Trinajstić information content (AvgIpc) is 3.95. The molecule has 33 nitrogen and oxygen atoms in total. The Morgan fingerprint density at radius 3 is 1.49 bits per heavy atom. The Labute approximate surface area is 465 Å². The van der Waals surface area contributed by atoms with Crippen LogP contribution < -0.4 is 0 Å². The molecule has 440 valence electrons. The molecular weight excluding hydrogens is 1090 g/mol. The van der Waals surface area contributed by atoms with Gasteiger partial charge in [0, 0.05) is 65.6 Å². The van der Waals surface area contributed by atoms with Crippen LogP contribution in [0.1, 0.15) is 58.6 Å². The zero-order chi connectivity index (χ0) is 59.3. The van der Waals surface area contributed by atoms with Crippen LogP contribution in [0.3, 0.4) is 0 Å². The summed E-state index contributed by atoms with van der Waals surface area (Å²) in [6.45, 7) is 3.26. The minimum atomic E-state index is -2.14. The molecule has 1 saturated carbocycles. The van der Waals surface area contributed by atoms with Crippen LogP contribution in [0.2, 0.25) is 0 Å². The molecule has 0 N–H and O–H groups in total. The number of carbonyl (C=O) groups is 5. The molecule has 2 aromatic rings. The van der Waals surface area contributed by atoms with Gasteiger partial charge in [0.2, 0.25) is 0 Å². The molecule has 34 heteroatoms. The Hall–Kier alpha value is -8.05. The monoisotopic (exact) mass is 1150 g/mol. The first-order valence-electron chi connectivity index (χ1n) is 25.3. The van der Waals surface area contributed by atoms with Crippen LogP contribution in [0.15, 0.2) is 86.2 Å². The first-order valence-corrected chi connectivity index (χ1v) is 25.3. The molecule has 19 atom stereocenters. The number of nitrogens with zero attached hydrogens (tertiary/aromatic N) is 15. The van der Waals surface area contributed by atoms with Gasteiger partial charge < -0.3 is 61.6 Å². The predicted molar refractivity (Wildman–Crippen MR) is 270 cm³/mol. The molecule has 82 heavy (non-hydrogen) atoms. The number of hydrogen-bond acceptors (Lipinski definition) is 23. The molecule has 0 radical (unpaired) electrons.